The van der Waals surface area contributed by atoms with Crippen LogP contribution in [-0.2, 0) is 11.3 Å². The van der Waals surface area contributed by atoms with Crippen LogP contribution in [0.15, 0.2) is 6.20 Å². The maximum absolute atomic E-state index is 5.46. The van der Waals surface area contributed by atoms with Gasteiger partial charge in [0.1, 0.15) is 0 Å². The van der Waals surface area contributed by atoms with Crippen LogP contribution >= 0.6 is 0 Å². The van der Waals surface area contributed by atoms with Crippen LogP contribution in [0.1, 0.15) is 32.0 Å². The van der Waals surface area contributed by atoms with E-state index in [2.05, 4.69) is 47.9 Å². The summed E-state index contributed by atoms with van der Waals surface area (Å²) in [5, 5.41) is 3.44. The Balaban J connectivity index is 2.01. The van der Waals surface area contributed by atoms with Crippen LogP contribution in [-0.4, -0.2) is 42.3 Å². The molecule has 2 heterocycles. The Bertz CT molecular complexity index is 436. The first-order chi connectivity index (χ1) is 9.58. The molecule has 0 aliphatic carbocycles. The van der Waals surface area contributed by atoms with E-state index in [0.717, 1.165) is 44.5 Å². The Hall–Kier alpha value is -1.20. The molecule has 0 radical (unpaired) electrons. The second kappa shape index (κ2) is 6.99. The molecule has 2 rings (SSSR count). The Kier molecular flexibility index (Phi) is 5.31. The molecule has 0 spiro atoms. The lowest BCUT2D eigenvalue weighted by molar-refractivity contribution is 0.0980. The van der Waals surface area contributed by atoms with Gasteiger partial charge in [-0.15, -0.1) is 0 Å². The van der Waals surface area contributed by atoms with Crippen molar-refractivity contribution >= 4 is 5.95 Å². The van der Waals surface area contributed by atoms with E-state index in [1.54, 1.807) is 0 Å². The van der Waals surface area contributed by atoms with Gasteiger partial charge in [-0.2, -0.15) is 0 Å². The summed E-state index contributed by atoms with van der Waals surface area (Å²) in [6, 6.07) is 0.341. The normalized spacial score (nSPS) is 19.6. The first-order valence-corrected chi connectivity index (χ1v) is 7.45. The lowest BCUT2D eigenvalue weighted by Gasteiger charge is -2.33. The first kappa shape index (κ1) is 15.2. The van der Waals surface area contributed by atoms with Crippen molar-refractivity contribution in [3.05, 3.63) is 17.5 Å². The van der Waals surface area contributed by atoms with E-state index >= 15 is 0 Å². The highest BCUT2D eigenvalue weighted by atomic mass is 16.5. The summed E-state index contributed by atoms with van der Waals surface area (Å²) in [6.45, 7) is 12.8. The summed E-state index contributed by atoms with van der Waals surface area (Å²) in [6.07, 6.45) is 1.95. The highest BCUT2D eigenvalue weighted by molar-refractivity contribution is 5.34. The predicted octanol–water partition coefficient (Wildman–Crippen LogP) is 1.76. The van der Waals surface area contributed by atoms with Crippen LogP contribution < -0.4 is 10.2 Å². The van der Waals surface area contributed by atoms with Crippen LogP contribution in [0, 0.1) is 12.8 Å². The molecular weight excluding hydrogens is 252 g/mol. The highest BCUT2D eigenvalue weighted by Gasteiger charge is 2.21. The van der Waals surface area contributed by atoms with Crippen molar-refractivity contribution in [2.45, 2.75) is 40.3 Å². The average Bonchev–Trinajstić information content (AvgIpc) is 2.41. The van der Waals surface area contributed by atoms with Crippen molar-refractivity contribution in [3.63, 3.8) is 0 Å². The largest absolute Gasteiger partial charge is 0.377 e. The molecular formula is C15H26N4O. The van der Waals surface area contributed by atoms with Gasteiger partial charge in [0, 0.05) is 30.5 Å². The Labute approximate surface area is 121 Å². The van der Waals surface area contributed by atoms with Gasteiger partial charge in [0.05, 0.1) is 19.3 Å². The number of aromatic nitrogens is 2. The SMILES string of the molecule is Cc1nc(N2CCOCC2C)ncc1CNCC(C)C. The number of aryl methyl sites for hydroxylation is 1. The van der Waals surface area contributed by atoms with Crippen LogP contribution in [0.4, 0.5) is 5.95 Å². The number of anilines is 1. The number of ether oxygens (including phenoxy) is 1. The average molecular weight is 278 g/mol. The third-order valence-electron chi connectivity index (χ3n) is 3.56. The summed E-state index contributed by atoms with van der Waals surface area (Å²) in [7, 11) is 0. The summed E-state index contributed by atoms with van der Waals surface area (Å²) in [5.74, 6) is 1.48. The summed E-state index contributed by atoms with van der Waals surface area (Å²) >= 11 is 0. The molecule has 20 heavy (non-hydrogen) atoms. The van der Waals surface area contributed by atoms with Gasteiger partial charge >= 0.3 is 0 Å². The van der Waals surface area contributed by atoms with Crippen LogP contribution in [0.3, 0.4) is 0 Å². The Morgan fingerprint density at radius 3 is 2.95 bits per heavy atom. The summed E-state index contributed by atoms with van der Waals surface area (Å²) < 4.78 is 5.46. The third-order valence-corrected chi connectivity index (χ3v) is 3.56. The molecule has 1 aromatic rings. The van der Waals surface area contributed by atoms with Gasteiger partial charge in [0.25, 0.3) is 0 Å². The maximum atomic E-state index is 5.46. The molecule has 0 saturated carbocycles. The quantitative estimate of drug-likeness (QED) is 0.889. The fourth-order valence-electron chi connectivity index (χ4n) is 2.31. The Morgan fingerprint density at radius 1 is 1.50 bits per heavy atom. The molecule has 0 amide bonds. The number of nitrogens with zero attached hydrogens (tertiary/aromatic N) is 3. The second-order valence-corrected chi connectivity index (χ2v) is 5.92. The molecule has 1 aliphatic rings. The molecule has 112 valence electrons. The molecule has 1 N–H and O–H groups in total. The van der Waals surface area contributed by atoms with E-state index in [0.29, 0.717) is 12.0 Å². The van der Waals surface area contributed by atoms with E-state index in [1.807, 2.05) is 6.20 Å². The van der Waals surface area contributed by atoms with Gasteiger partial charge < -0.3 is 15.0 Å². The standard InChI is InChI=1S/C15H26N4O/c1-11(2)7-16-8-14-9-17-15(18-13(14)4)19-5-6-20-10-12(19)3/h9,11-12,16H,5-8,10H2,1-4H3. The van der Waals surface area contributed by atoms with Gasteiger partial charge in [0.15, 0.2) is 0 Å². The van der Waals surface area contributed by atoms with Crippen molar-refractivity contribution in [2.75, 3.05) is 31.2 Å². The number of rotatable bonds is 5. The van der Waals surface area contributed by atoms with Crippen molar-refractivity contribution in [3.8, 4) is 0 Å². The number of morpholine rings is 1. The monoisotopic (exact) mass is 278 g/mol. The van der Waals surface area contributed by atoms with Crippen molar-refractivity contribution in [1.29, 1.82) is 0 Å². The molecule has 1 atom stereocenters. The molecule has 0 aromatic carbocycles. The molecule has 0 bridgehead atoms. The minimum absolute atomic E-state index is 0.341. The van der Waals surface area contributed by atoms with E-state index < -0.39 is 0 Å². The first-order valence-electron chi connectivity index (χ1n) is 7.45. The van der Waals surface area contributed by atoms with Crippen LogP contribution in [0.2, 0.25) is 0 Å². The molecule has 1 aromatic heterocycles. The van der Waals surface area contributed by atoms with Gasteiger partial charge in [-0.05, 0) is 26.3 Å². The van der Waals surface area contributed by atoms with E-state index in [9.17, 15) is 0 Å². The predicted molar refractivity (Wildman–Crippen MR) is 80.9 cm³/mol. The van der Waals surface area contributed by atoms with Gasteiger partial charge in [-0.25, -0.2) is 9.97 Å². The molecule has 1 saturated heterocycles. The van der Waals surface area contributed by atoms with Gasteiger partial charge in [-0.1, -0.05) is 13.8 Å². The smallest absolute Gasteiger partial charge is 0.225 e. The van der Waals surface area contributed by atoms with Crippen molar-refractivity contribution in [1.82, 2.24) is 15.3 Å². The minimum Gasteiger partial charge on any atom is -0.377 e. The third kappa shape index (κ3) is 3.90. The molecule has 5 nitrogen and oxygen atoms in total. The van der Waals surface area contributed by atoms with E-state index in [-0.39, 0.29) is 0 Å². The van der Waals surface area contributed by atoms with E-state index in [1.165, 1.54) is 5.56 Å². The fraction of sp³-hybridized carbons (Fsp3) is 0.733. The highest BCUT2D eigenvalue weighted by Crippen LogP contribution is 2.16. The summed E-state index contributed by atoms with van der Waals surface area (Å²) in [5.41, 5.74) is 2.24. The minimum atomic E-state index is 0.341. The second-order valence-electron chi connectivity index (χ2n) is 5.92. The zero-order valence-electron chi connectivity index (χ0n) is 13.0. The summed E-state index contributed by atoms with van der Waals surface area (Å²) in [4.78, 5) is 11.4. The maximum Gasteiger partial charge on any atom is 0.225 e. The van der Waals surface area contributed by atoms with Crippen molar-refractivity contribution in [2.24, 2.45) is 5.92 Å². The lowest BCUT2D eigenvalue weighted by atomic mass is 10.2. The molecule has 5 heteroatoms. The number of hydrogen-bond donors (Lipinski definition) is 1. The van der Waals surface area contributed by atoms with Crippen molar-refractivity contribution < 1.29 is 4.74 Å². The topological polar surface area (TPSA) is 50.3 Å². The number of nitrogens with one attached hydrogen (secondary N) is 1. The molecule has 1 unspecified atom stereocenters. The van der Waals surface area contributed by atoms with Gasteiger partial charge in [0.2, 0.25) is 5.95 Å². The van der Waals surface area contributed by atoms with Crippen LogP contribution in [0.25, 0.3) is 0 Å². The zero-order chi connectivity index (χ0) is 14.5. The Morgan fingerprint density at radius 2 is 2.30 bits per heavy atom. The lowest BCUT2D eigenvalue weighted by Crippen LogP contribution is -2.44. The van der Waals surface area contributed by atoms with Gasteiger partial charge in [-0.3, -0.25) is 0 Å². The number of hydrogen-bond acceptors (Lipinski definition) is 5. The van der Waals surface area contributed by atoms with Crippen LogP contribution in [0.5, 0.6) is 0 Å². The zero-order valence-corrected chi connectivity index (χ0v) is 13.0. The molecule has 1 fully saturated rings. The fourth-order valence-corrected chi connectivity index (χ4v) is 2.31. The molecule has 1 aliphatic heterocycles. The van der Waals surface area contributed by atoms with E-state index in [4.69, 9.17) is 4.74 Å².